The summed E-state index contributed by atoms with van der Waals surface area (Å²) in [7, 11) is 0. The molecule has 8 nitrogen and oxygen atoms in total. The molecule has 0 aromatic heterocycles. The van der Waals surface area contributed by atoms with Gasteiger partial charge in [-0.15, -0.1) is 0 Å². The van der Waals surface area contributed by atoms with Crippen LogP contribution in [0.25, 0.3) is 0 Å². The van der Waals surface area contributed by atoms with E-state index < -0.39 is 0 Å². The van der Waals surface area contributed by atoms with E-state index in [4.69, 9.17) is 9.47 Å². The minimum atomic E-state index is -0.296. The molecule has 0 radical (unpaired) electrons. The number of nitrogens with zero attached hydrogens (tertiary/aromatic N) is 2. The summed E-state index contributed by atoms with van der Waals surface area (Å²) in [6.07, 6.45) is 7.76. The third-order valence-corrected chi connectivity index (χ3v) is 8.84. The van der Waals surface area contributed by atoms with Crippen molar-refractivity contribution in [3.05, 3.63) is 11.6 Å². The number of esters is 2. The fourth-order valence-corrected chi connectivity index (χ4v) is 7.07. The Kier molecular flexibility index (Phi) is 8.32. The van der Waals surface area contributed by atoms with Crippen molar-refractivity contribution in [2.24, 2.45) is 44.8 Å². The highest BCUT2D eigenvalue weighted by molar-refractivity contribution is 5.97. The number of hydrogen-bond donors (Lipinski definition) is 2. The van der Waals surface area contributed by atoms with Crippen molar-refractivity contribution in [2.75, 3.05) is 6.61 Å². The van der Waals surface area contributed by atoms with E-state index in [0.29, 0.717) is 25.2 Å². The molecule has 2 N–H and O–H groups in total. The van der Waals surface area contributed by atoms with Gasteiger partial charge in [0, 0.05) is 32.1 Å². The summed E-state index contributed by atoms with van der Waals surface area (Å²) in [5.74, 6) is -0.321. The first kappa shape index (κ1) is 27.2. The van der Waals surface area contributed by atoms with Crippen LogP contribution in [-0.4, -0.2) is 46.5 Å². The van der Waals surface area contributed by atoms with Crippen molar-refractivity contribution in [1.29, 1.82) is 0 Å². The second kappa shape index (κ2) is 10.7. The third kappa shape index (κ3) is 5.72. The molecule has 8 heteroatoms. The summed E-state index contributed by atoms with van der Waals surface area (Å²) in [5, 5.41) is 27.3. The quantitative estimate of drug-likeness (QED) is 0.156. The summed E-state index contributed by atoms with van der Waals surface area (Å²) >= 11 is 0. The Hall–Kier alpha value is -2.38. The van der Waals surface area contributed by atoms with E-state index in [-0.39, 0.29) is 52.5 Å². The highest BCUT2D eigenvalue weighted by Gasteiger charge is 2.58. The van der Waals surface area contributed by atoms with E-state index in [2.05, 4.69) is 37.2 Å². The van der Waals surface area contributed by atoms with Crippen LogP contribution in [0.3, 0.4) is 0 Å². The number of carbonyl (C=O) groups is 2. The van der Waals surface area contributed by atoms with Crippen LogP contribution in [0.2, 0.25) is 0 Å². The highest BCUT2D eigenvalue weighted by Crippen LogP contribution is 2.63. The zero-order valence-corrected chi connectivity index (χ0v) is 22.0. The molecule has 0 bridgehead atoms. The molecule has 0 aromatic rings. The lowest BCUT2D eigenvalue weighted by Crippen LogP contribution is -2.46. The molecular formula is C27H42N2O6. The maximum Gasteiger partial charge on any atom is 0.302 e. The molecule has 7 atom stereocenters. The number of fused-ring (bicyclic) bond motifs is 2. The number of carbonyl (C=O) groups excluding carboxylic acids is 2. The molecule has 2 fully saturated rings. The van der Waals surface area contributed by atoms with Gasteiger partial charge in [0.2, 0.25) is 0 Å². The maximum absolute atomic E-state index is 11.5. The van der Waals surface area contributed by atoms with Crippen molar-refractivity contribution in [1.82, 2.24) is 0 Å². The molecule has 0 heterocycles. The van der Waals surface area contributed by atoms with E-state index >= 15 is 0 Å². The van der Waals surface area contributed by atoms with Crippen LogP contribution < -0.4 is 0 Å². The van der Waals surface area contributed by atoms with Crippen LogP contribution in [0.1, 0.15) is 86.5 Å². The summed E-state index contributed by atoms with van der Waals surface area (Å²) in [6.45, 7) is 11.9. The van der Waals surface area contributed by atoms with Crippen LogP contribution in [0.4, 0.5) is 0 Å². The minimum Gasteiger partial charge on any atom is -0.466 e. The summed E-state index contributed by atoms with van der Waals surface area (Å²) in [4.78, 5) is 22.6. The molecule has 196 valence electrons. The highest BCUT2D eigenvalue weighted by atomic mass is 16.5. The lowest BCUT2D eigenvalue weighted by molar-refractivity contribution is -0.148. The van der Waals surface area contributed by atoms with Crippen LogP contribution in [-0.2, 0) is 19.1 Å². The van der Waals surface area contributed by atoms with Gasteiger partial charge >= 0.3 is 11.9 Å². The van der Waals surface area contributed by atoms with Gasteiger partial charge in [0.1, 0.15) is 6.10 Å². The number of hydrogen-bond acceptors (Lipinski definition) is 8. The largest absolute Gasteiger partial charge is 0.466 e. The number of ether oxygens (including phenoxy) is 2. The molecule has 0 unspecified atom stereocenters. The smallest absolute Gasteiger partial charge is 0.302 e. The first-order chi connectivity index (χ1) is 16.4. The molecule has 3 aliphatic carbocycles. The normalized spacial score (nSPS) is 35.5. The van der Waals surface area contributed by atoms with E-state index in [9.17, 15) is 20.0 Å². The Labute approximate surface area is 208 Å². The van der Waals surface area contributed by atoms with Gasteiger partial charge in [-0.05, 0) is 61.2 Å². The van der Waals surface area contributed by atoms with E-state index in [1.165, 1.54) is 19.4 Å². The van der Waals surface area contributed by atoms with Gasteiger partial charge in [0.15, 0.2) is 0 Å². The van der Waals surface area contributed by atoms with Gasteiger partial charge in [0.25, 0.3) is 0 Å². The van der Waals surface area contributed by atoms with Crippen LogP contribution >= 0.6 is 0 Å². The molecular weight excluding hydrogens is 448 g/mol. The molecule has 0 aromatic carbocycles. The first-order valence-corrected chi connectivity index (χ1v) is 12.9. The molecule has 0 saturated heterocycles. The van der Waals surface area contributed by atoms with Crippen molar-refractivity contribution in [2.45, 2.75) is 92.6 Å². The SMILES string of the molecule is CC(=O)OC[C@@H](C)CC/C(=N\O)[C@@H](C)[C@@H]1/C(=N/O)C[C@H]2C=C3C[C@@H](OC(C)=O)CC[C@@]3(C)C[C@@]21C. The average molecular weight is 491 g/mol. The number of oxime groups is 2. The predicted molar refractivity (Wildman–Crippen MR) is 133 cm³/mol. The zero-order valence-electron chi connectivity index (χ0n) is 22.0. The Morgan fingerprint density at radius 3 is 2.49 bits per heavy atom. The van der Waals surface area contributed by atoms with Crippen LogP contribution in [0, 0.1) is 34.5 Å². The number of rotatable bonds is 8. The topological polar surface area (TPSA) is 118 Å². The van der Waals surface area contributed by atoms with Gasteiger partial charge in [0.05, 0.1) is 18.0 Å². The van der Waals surface area contributed by atoms with E-state index in [1.807, 2.05) is 6.92 Å². The molecule has 0 amide bonds. The van der Waals surface area contributed by atoms with Crippen LogP contribution in [0.5, 0.6) is 0 Å². The molecule has 2 saturated carbocycles. The Morgan fingerprint density at radius 2 is 1.89 bits per heavy atom. The van der Waals surface area contributed by atoms with Gasteiger partial charge in [-0.2, -0.15) is 0 Å². The van der Waals surface area contributed by atoms with E-state index in [0.717, 1.165) is 37.8 Å². The molecule has 0 aliphatic heterocycles. The third-order valence-electron chi connectivity index (χ3n) is 8.84. The summed E-state index contributed by atoms with van der Waals surface area (Å²) in [5.41, 5.74) is 2.64. The van der Waals surface area contributed by atoms with Crippen molar-refractivity contribution in [3.63, 3.8) is 0 Å². The van der Waals surface area contributed by atoms with Gasteiger partial charge in [-0.1, -0.05) is 49.7 Å². The van der Waals surface area contributed by atoms with Crippen LogP contribution in [0.15, 0.2) is 22.0 Å². The standard InChI is InChI=1S/C27H42N2O6/c1-16(14-34-18(3)30)7-8-23(28-32)17(2)25-24(29-33)13-21-11-20-12-22(35-19(4)31)9-10-26(20,5)15-27(21,25)6/h11,16-17,21-22,25,32-33H,7-10,12-15H2,1-6H3/b28-23+,29-24+/t16-,17+,21+,22-,25+,26-,27-/m0/s1. The number of allylic oxidation sites excluding steroid dienone is 1. The van der Waals surface area contributed by atoms with Crippen molar-refractivity contribution >= 4 is 23.4 Å². The van der Waals surface area contributed by atoms with Crippen molar-refractivity contribution < 1.29 is 29.5 Å². The van der Waals surface area contributed by atoms with E-state index in [1.54, 1.807) is 0 Å². The molecule has 3 aliphatic rings. The predicted octanol–water partition coefficient (Wildman–Crippen LogP) is 5.36. The first-order valence-electron chi connectivity index (χ1n) is 12.9. The fraction of sp³-hybridized carbons (Fsp3) is 0.778. The second-order valence-corrected chi connectivity index (χ2v) is 11.6. The van der Waals surface area contributed by atoms with Gasteiger partial charge in [-0.3, -0.25) is 9.59 Å². The summed E-state index contributed by atoms with van der Waals surface area (Å²) in [6, 6.07) is 0. The molecule has 3 rings (SSSR count). The Bertz CT molecular complexity index is 911. The van der Waals surface area contributed by atoms with Crippen molar-refractivity contribution in [3.8, 4) is 0 Å². The minimum absolute atomic E-state index is 0.000160. The Balaban J connectivity index is 1.80. The maximum atomic E-state index is 11.5. The Morgan fingerprint density at radius 1 is 1.17 bits per heavy atom. The average Bonchev–Trinajstić information content (AvgIpc) is 3.06. The molecule has 0 spiro atoms. The summed E-state index contributed by atoms with van der Waals surface area (Å²) < 4.78 is 10.6. The zero-order chi connectivity index (χ0) is 26.0. The van der Waals surface area contributed by atoms with Gasteiger partial charge < -0.3 is 19.9 Å². The lowest BCUT2D eigenvalue weighted by atomic mass is 9.53. The lowest BCUT2D eigenvalue weighted by Gasteiger charge is -2.52. The molecule has 35 heavy (non-hydrogen) atoms. The second-order valence-electron chi connectivity index (χ2n) is 11.6. The fourth-order valence-electron chi connectivity index (χ4n) is 7.07. The van der Waals surface area contributed by atoms with Gasteiger partial charge in [-0.25, -0.2) is 0 Å². The monoisotopic (exact) mass is 490 g/mol.